The minimum Gasteiger partial charge on any atom is -0.338 e. The molecule has 0 fully saturated rings. The first kappa shape index (κ1) is 16.0. The fraction of sp³-hybridized carbons (Fsp3) is 0.500. The van der Waals surface area contributed by atoms with E-state index >= 15 is 0 Å². The van der Waals surface area contributed by atoms with Crippen molar-refractivity contribution < 1.29 is 4.52 Å². The number of halogens is 1. The van der Waals surface area contributed by atoms with Crippen LogP contribution in [0.3, 0.4) is 0 Å². The molecule has 1 aromatic carbocycles. The zero-order valence-corrected chi connectivity index (χ0v) is 13.5. The molecule has 4 nitrogen and oxygen atoms in total. The molecule has 1 heterocycles. The molecule has 0 bridgehead atoms. The van der Waals surface area contributed by atoms with Crippen molar-refractivity contribution in [1.29, 1.82) is 0 Å². The largest absolute Gasteiger partial charge is 0.338 e. The highest BCUT2D eigenvalue weighted by Gasteiger charge is 2.17. The number of benzene rings is 1. The molecule has 1 N–H and O–H groups in total. The summed E-state index contributed by atoms with van der Waals surface area (Å²) in [7, 11) is 0. The number of nitrogens with zero attached hydrogens (tertiary/aromatic N) is 2. The molecule has 0 aliphatic heterocycles. The van der Waals surface area contributed by atoms with Gasteiger partial charge in [0.2, 0.25) is 5.89 Å². The Morgan fingerprint density at radius 1 is 1.19 bits per heavy atom. The molecule has 5 heteroatoms. The zero-order chi connectivity index (χ0) is 15.2. The first-order chi connectivity index (χ1) is 10.1. The van der Waals surface area contributed by atoms with E-state index in [1.54, 1.807) is 0 Å². The summed E-state index contributed by atoms with van der Waals surface area (Å²) in [5, 5.41) is 8.23. The van der Waals surface area contributed by atoms with E-state index in [2.05, 4.69) is 29.3 Å². The Kier molecular flexibility index (Phi) is 5.76. The van der Waals surface area contributed by atoms with Gasteiger partial charge in [-0.3, -0.25) is 5.32 Å². The van der Waals surface area contributed by atoms with E-state index in [1.807, 2.05) is 31.2 Å². The van der Waals surface area contributed by atoms with Crippen molar-refractivity contribution in [3.05, 3.63) is 46.6 Å². The van der Waals surface area contributed by atoms with Gasteiger partial charge in [-0.25, -0.2) is 0 Å². The molecule has 2 unspecified atom stereocenters. The van der Waals surface area contributed by atoms with E-state index in [9.17, 15) is 0 Å². The highest BCUT2D eigenvalue weighted by Crippen LogP contribution is 2.20. The van der Waals surface area contributed by atoms with E-state index in [4.69, 9.17) is 16.1 Å². The fourth-order valence-corrected chi connectivity index (χ4v) is 2.30. The second-order valence-electron chi connectivity index (χ2n) is 5.31. The highest BCUT2D eigenvalue weighted by atomic mass is 35.5. The molecule has 0 aliphatic rings. The maximum absolute atomic E-state index is 5.91. The predicted molar refractivity (Wildman–Crippen MR) is 84.3 cm³/mol. The Bertz CT molecular complexity index is 553. The van der Waals surface area contributed by atoms with E-state index in [0.29, 0.717) is 5.89 Å². The van der Waals surface area contributed by atoms with Crippen LogP contribution in [0.1, 0.15) is 63.0 Å². The zero-order valence-electron chi connectivity index (χ0n) is 12.8. The summed E-state index contributed by atoms with van der Waals surface area (Å²) in [5.41, 5.74) is 1.18. The number of nitrogens with one attached hydrogen (secondary N) is 1. The Hall–Kier alpha value is -1.39. The third-order valence-corrected chi connectivity index (χ3v) is 3.73. The van der Waals surface area contributed by atoms with Gasteiger partial charge < -0.3 is 4.52 Å². The van der Waals surface area contributed by atoms with Gasteiger partial charge >= 0.3 is 0 Å². The maximum Gasteiger partial charge on any atom is 0.243 e. The summed E-state index contributed by atoms with van der Waals surface area (Å²) in [5.74, 6) is 1.43. The number of unbranched alkanes of at least 4 members (excludes halogenated alkanes) is 1. The summed E-state index contributed by atoms with van der Waals surface area (Å²) in [6.07, 6.45) is 3.09. The SMILES string of the molecule is CCCCc1noc(C(C)NC(C)c2ccc(Cl)cc2)n1. The first-order valence-corrected chi connectivity index (χ1v) is 7.82. The summed E-state index contributed by atoms with van der Waals surface area (Å²) in [6, 6.07) is 8.03. The molecule has 0 spiro atoms. The van der Waals surface area contributed by atoms with Gasteiger partial charge in [0.05, 0.1) is 6.04 Å². The van der Waals surface area contributed by atoms with Gasteiger partial charge in [-0.05, 0) is 38.0 Å². The van der Waals surface area contributed by atoms with Crippen molar-refractivity contribution in [3.8, 4) is 0 Å². The predicted octanol–water partition coefficient (Wildman–Crippen LogP) is 4.48. The molecule has 2 rings (SSSR count). The van der Waals surface area contributed by atoms with Crippen LogP contribution in [-0.2, 0) is 6.42 Å². The lowest BCUT2D eigenvalue weighted by Gasteiger charge is -2.17. The third kappa shape index (κ3) is 4.55. The van der Waals surface area contributed by atoms with Crippen molar-refractivity contribution in [2.45, 2.75) is 52.1 Å². The van der Waals surface area contributed by atoms with Crippen molar-refractivity contribution in [3.63, 3.8) is 0 Å². The Balaban J connectivity index is 1.95. The van der Waals surface area contributed by atoms with Crippen LogP contribution in [0, 0.1) is 0 Å². The van der Waals surface area contributed by atoms with Crippen LogP contribution in [0.5, 0.6) is 0 Å². The van der Waals surface area contributed by atoms with Crippen LogP contribution in [-0.4, -0.2) is 10.1 Å². The molecule has 0 amide bonds. The Labute approximate surface area is 130 Å². The van der Waals surface area contributed by atoms with Crippen LogP contribution in [0.4, 0.5) is 0 Å². The molecule has 21 heavy (non-hydrogen) atoms. The number of aryl methyl sites for hydroxylation is 1. The van der Waals surface area contributed by atoms with Gasteiger partial charge in [-0.2, -0.15) is 4.98 Å². The van der Waals surface area contributed by atoms with Crippen molar-refractivity contribution >= 4 is 11.6 Å². The summed E-state index contributed by atoms with van der Waals surface area (Å²) in [6.45, 7) is 6.29. The molecule has 2 aromatic rings. The number of hydrogen-bond donors (Lipinski definition) is 1. The molecule has 0 aliphatic carbocycles. The van der Waals surface area contributed by atoms with Crippen molar-refractivity contribution in [1.82, 2.24) is 15.5 Å². The van der Waals surface area contributed by atoms with E-state index in [1.165, 1.54) is 5.56 Å². The monoisotopic (exact) mass is 307 g/mol. The first-order valence-electron chi connectivity index (χ1n) is 7.44. The minimum absolute atomic E-state index is 0.0126. The van der Waals surface area contributed by atoms with Crippen LogP contribution in [0.25, 0.3) is 0 Å². The van der Waals surface area contributed by atoms with E-state index in [0.717, 1.165) is 30.1 Å². The Morgan fingerprint density at radius 3 is 2.57 bits per heavy atom. The molecule has 2 atom stereocenters. The summed E-state index contributed by atoms with van der Waals surface area (Å²) < 4.78 is 5.33. The molecule has 0 saturated heterocycles. The maximum atomic E-state index is 5.91. The lowest BCUT2D eigenvalue weighted by atomic mass is 10.1. The van der Waals surface area contributed by atoms with Crippen molar-refractivity contribution in [2.24, 2.45) is 0 Å². The third-order valence-electron chi connectivity index (χ3n) is 3.48. The lowest BCUT2D eigenvalue weighted by molar-refractivity contribution is 0.325. The number of hydrogen-bond acceptors (Lipinski definition) is 4. The van der Waals surface area contributed by atoms with Gasteiger partial charge in [-0.1, -0.05) is 42.2 Å². The van der Waals surface area contributed by atoms with Crippen LogP contribution in [0.15, 0.2) is 28.8 Å². The fourth-order valence-electron chi connectivity index (χ4n) is 2.17. The second-order valence-corrected chi connectivity index (χ2v) is 5.75. The molecule has 1 aromatic heterocycles. The second kappa shape index (κ2) is 7.57. The highest BCUT2D eigenvalue weighted by molar-refractivity contribution is 6.30. The molecular formula is C16H22ClN3O. The average Bonchev–Trinajstić information content (AvgIpc) is 2.94. The number of aromatic nitrogens is 2. The van der Waals surface area contributed by atoms with Gasteiger partial charge in [-0.15, -0.1) is 0 Å². The Morgan fingerprint density at radius 2 is 1.90 bits per heavy atom. The molecule has 0 saturated carbocycles. The molecule has 114 valence electrons. The standard InChI is InChI=1S/C16H22ClN3O/c1-4-5-6-15-19-16(21-20-15)12(3)18-11(2)13-7-9-14(17)10-8-13/h7-12,18H,4-6H2,1-3H3. The van der Waals surface area contributed by atoms with Gasteiger partial charge in [0.15, 0.2) is 5.82 Å². The summed E-state index contributed by atoms with van der Waals surface area (Å²) >= 11 is 5.91. The average molecular weight is 308 g/mol. The number of rotatable bonds is 7. The summed E-state index contributed by atoms with van der Waals surface area (Å²) in [4.78, 5) is 4.45. The normalized spacial score (nSPS) is 14.1. The quantitative estimate of drug-likeness (QED) is 0.819. The minimum atomic E-state index is 0.0126. The van der Waals surface area contributed by atoms with Gasteiger partial charge in [0.25, 0.3) is 0 Å². The van der Waals surface area contributed by atoms with E-state index in [-0.39, 0.29) is 12.1 Å². The van der Waals surface area contributed by atoms with E-state index < -0.39 is 0 Å². The molecule has 0 radical (unpaired) electrons. The van der Waals surface area contributed by atoms with Gasteiger partial charge in [0.1, 0.15) is 0 Å². The van der Waals surface area contributed by atoms with Gasteiger partial charge in [0, 0.05) is 17.5 Å². The lowest BCUT2D eigenvalue weighted by Crippen LogP contribution is -2.22. The van der Waals surface area contributed by atoms with Crippen molar-refractivity contribution in [2.75, 3.05) is 0 Å². The molecular weight excluding hydrogens is 286 g/mol. The smallest absolute Gasteiger partial charge is 0.243 e. The van der Waals surface area contributed by atoms with Crippen LogP contribution in [0.2, 0.25) is 5.02 Å². The topological polar surface area (TPSA) is 51.0 Å². The van der Waals surface area contributed by atoms with Crippen LogP contribution < -0.4 is 5.32 Å². The van der Waals surface area contributed by atoms with Crippen LogP contribution >= 0.6 is 11.6 Å².